The van der Waals surface area contributed by atoms with Gasteiger partial charge in [-0.2, -0.15) is 5.10 Å². The number of ether oxygens (including phenoxy) is 1. The lowest BCUT2D eigenvalue weighted by Crippen LogP contribution is -2.40. The van der Waals surface area contributed by atoms with E-state index >= 15 is 0 Å². The molecule has 0 radical (unpaired) electrons. The van der Waals surface area contributed by atoms with E-state index in [9.17, 15) is 9.59 Å². The van der Waals surface area contributed by atoms with Crippen molar-refractivity contribution in [1.29, 1.82) is 0 Å². The van der Waals surface area contributed by atoms with Crippen LogP contribution in [0.25, 0.3) is 0 Å². The fourth-order valence-electron chi connectivity index (χ4n) is 1.27. The summed E-state index contributed by atoms with van der Waals surface area (Å²) in [5.74, 6) is -0.538. The Balaban J connectivity index is 3.05. The highest BCUT2D eigenvalue weighted by atomic mass is 79.9. The first kappa shape index (κ1) is 15.6. The van der Waals surface area contributed by atoms with Gasteiger partial charge in [-0.15, -0.1) is 0 Å². The Labute approximate surface area is 119 Å². The van der Waals surface area contributed by atoms with Crippen molar-refractivity contribution < 1.29 is 9.53 Å². The van der Waals surface area contributed by atoms with E-state index in [1.54, 1.807) is 0 Å². The van der Waals surface area contributed by atoms with E-state index in [1.165, 1.54) is 13.3 Å². The summed E-state index contributed by atoms with van der Waals surface area (Å²) < 4.78 is 5.81. The molecular formula is C11H17BrN4O3. The molecule has 1 rings (SSSR count). The molecule has 0 aliphatic carbocycles. The molecule has 0 spiro atoms. The third kappa shape index (κ3) is 4.03. The smallest absolute Gasteiger partial charge is 0.327 e. The molecule has 0 atom stereocenters. The number of rotatable bonds is 5. The fourth-order valence-corrected chi connectivity index (χ4v) is 1.67. The second kappa shape index (κ2) is 6.16. The van der Waals surface area contributed by atoms with Crippen molar-refractivity contribution in [2.45, 2.75) is 25.9 Å². The molecule has 106 valence electrons. The molecule has 0 aliphatic heterocycles. The van der Waals surface area contributed by atoms with Gasteiger partial charge in [0, 0.05) is 12.1 Å². The Morgan fingerprint density at radius 3 is 2.79 bits per heavy atom. The van der Waals surface area contributed by atoms with Gasteiger partial charge in [0.05, 0.1) is 19.0 Å². The first-order chi connectivity index (χ1) is 8.80. The van der Waals surface area contributed by atoms with E-state index in [2.05, 4.69) is 31.1 Å². The molecule has 0 bridgehead atoms. The molecule has 0 aliphatic rings. The number of hydrogen-bond donors (Lipinski definition) is 2. The van der Waals surface area contributed by atoms with Crippen molar-refractivity contribution in [3.63, 3.8) is 0 Å². The second-order valence-corrected chi connectivity index (χ2v) is 5.42. The van der Waals surface area contributed by atoms with Gasteiger partial charge in [0.25, 0.3) is 5.56 Å². The lowest BCUT2D eigenvalue weighted by Gasteiger charge is -2.26. The minimum Gasteiger partial charge on any atom is -0.468 e. The van der Waals surface area contributed by atoms with Crippen molar-refractivity contribution >= 4 is 27.6 Å². The summed E-state index contributed by atoms with van der Waals surface area (Å²) in [5, 5.41) is 7.02. The zero-order valence-electron chi connectivity index (χ0n) is 11.1. The molecule has 3 N–H and O–H groups in total. The number of anilines is 1. The summed E-state index contributed by atoms with van der Waals surface area (Å²) in [7, 11) is 1.25. The number of nitrogens with zero attached hydrogens (tertiary/aromatic N) is 2. The van der Waals surface area contributed by atoms with Crippen LogP contribution in [0.2, 0.25) is 0 Å². The number of esters is 1. The van der Waals surface area contributed by atoms with E-state index in [-0.39, 0.29) is 12.1 Å². The Kier molecular flexibility index (Phi) is 5.07. The maximum Gasteiger partial charge on any atom is 0.327 e. The van der Waals surface area contributed by atoms with Crippen molar-refractivity contribution in [2.24, 2.45) is 5.73 Å². The average molecular weight is 333 g/mol. The SMILES string of the molecule is COC(=O)Cn1ncc(NC(C)(C)CN)c(Br)c1=O. The molecule has 0 fully saturated rings. The zero-order chi connectivity index (χ0) is 14.6. The van der Waals surface area contributed by atoms with Crippen molar-refractivity contribution in [1.82, 2.24) is 9.78 Å². The monoisotopic (exact) mass is 332 g/mol. The first-order valence-electron chi connectivity index (χ1n) is 5.61. The van der Waals surface area contributed by atoms with Gasteiger partial charge in [0.1, 0.15) is 11.0 Å². The number of nitrogens with one attached hydrogen (secondary N) is 1. The molecule has 1 aromatic heterocycles. The Hall–Kier alpha value is -1.41. The summed E-state index contributed by atoms with van der Waals surface area (Å²) in [4.78, 5) is 23.1. The first-order valence-corrected chi connectivity index (χ1v) is 6.40. The minimum absolute atomic E-state index is 0.228. The number of aromatic nitrogens is 2. The molecule has 0 unspecified atom stereocenters. The fraction of sp³-hybridized carbons (Fsp3) is 0.545. The van der Waals surface area contributed by atoms with Crippen molar-refractivity contribution in [2.75, 3.05) is 19.0 Å². The molecule has 8 heteroatoms. The third-order valence-corrected chi connectivity index (χ3v) is 3.24. The van der Waals surface area contributed by atoms with Gasteiger partial charge >= 0.3 is 5.97 Å². The summed E-state index contributed by atoms with van der Waals surface area (Å²) >= 11 is 3.20. The van der Waals surface area contributed by atoms with Gasteiger partial charge in [-0.1, -0.05) is 0 Å². The maximum atomic E-state index is 12.0. The molecule has 0 saturated carbocycles. The van der Waals surface area contributed by atoms with E-state index in [0.717, 1.165) is 4.68 Å². The van der Waals surface area contributed by atoms with Gasteiger partial charge < -0.3 is 15.8 Å². The number of carbonyl (C=O) groups is 1. The van der Waals surface area contributed by atoms with Crippen LogP contribution in [0.5, 0.6) is 0 Å². The van der Waals surface area contributed by atoms with E-state index in [1.807, 2.05) is 13.8 Å². The normalized spacial score (nSPS) is 11.2. The molecular weight excluding hydrogens is 316 g/mol. The predicted octanol–water partition coefficient (Wildman–Crippen LogP) is 0.328. The van der Waals surface area contributed by atoms with E-state index < -0.39 is 11.5 Å². The van der Waals surface area contributed by atoms with Crippen LogP contribution in [0.3, 0.4) is 0 Å². The van der Waals surface area contributed by atoms with Crippen LogP contribution < -0.4 is 16.6 Å². The average Bonchev–Trinajstić information content (AvgIpc) is 2.38. The number of methoxy groups -OCH3 is 1. The van der Waals surface area contributed by atoms with Crippen molar-refractivity contribution in [3.8, 4) is 0 Å². The standard InChI is InChI=1S/C11H17BrN4O3/c1-11(2,6-13)15-7-4-14-16(5-8(17)19-3)10(18)9(7)12/h4,15H,5-6,13H2,1-3H3. The Morgan fingerprint density at radius 2 is 2.26 bits per heavy atom. The zero-order valence-corrected chi connectivity index (χ0v) is 12.7. The molecule has 1 heterocycles. The number of nitrogens with two attached hydrogens (primary N) is 1. The van der Waals surface area contributed by atoms with Gasteiger partial charge in [0.2, 0.25) is 0 Å². The largest absolute Gasteiger partial charge is 0.468 e. The summed E-state index contributed by atoms with van der Waals surface area (Å²) in [6.45, 7) is 3.97. The summed E-state index contributed by atoms with van der Waals surface area (Å²) in [6, 6.07) is 0. The van der Waals surface area contributed by atoms with Crippen LogP contribution in [0.4, 0.5) is 5.69 Å². The van der Waals surface area contributed by atoms with E-state index in [4.69, 9.17) is 5.73 Å². The van der Waals surface area contributed by atoms with Gasteiger partial charge in [-0.25, -0.2) is 4.68 Å². The minimum atomic E-state index is -0.538. The third-order valence-electron chi connectivity index (χ3n) is 2.47. The quantitative estimate of drug-likeness (QED) is 0.754. The van der Waals surface area contributed by atoms with Gasteiger partial charge in [-0.3, -0.25) is 9.59 Å². The summed E-state index contributed by atoms with van der Waals surface area (Å²) in [5.41, 5.74) is 5.36. The lowest BCUT2D eigenvalue weighted by molar-refractivity contribution is -0.141. The van der Waals surface area contributed by atoms with Crippen LogP contribution in [0.15, 0.2) is 15.5 Å². The van der Waals surface area contributed by atoms with Crippen LogP contribution in [-0.4, -0.2) is 34.9 Å². The highest BCUT2D eigenvalue weighted by Gasteiger charge is 2.19. The molecule has 19 heavy (non-hydrogen) atoms. The van der Waals surface area contributed by atoms with E-state index in [0.29, 0.717) is 16.7 Å². The maximum absolute atomic E-state index is 12.0. The Morgan fingerprint density at radius 1 is 1.63 bits per heavy atom. The predicted molar refractivity (Wildman–Crippen MR) is 75.0 cm³/mol. The summed E-state index contributed by atoms with van der Waals surface area (Å²) in [6.07, 6.45) is 1.46. The van der Waals surface area contributed by atoms with Crippen molar-refractivity contribution in [3.05, 3.63) is 21.0 Å². The highest BCUT2D eigenvalue weighted by molar-refractivity contribution is 9.10. The molecule has 0 aromatic carbocycles. The second-order valence-electron chi connectivity index (χ2n) is 4.62. The number of carbonyl (C=O) groups excluding carboxylic acids is 1. The van der Waals surface area contributed by atoms with Gasteiger partial charge in [-0.05, 0) is 29.8 Å². The molecule has 0 saturated heterocycles. The van der Waals surface area contributed by atoms with Gasteiger partial charge in [0.15, 0.2) is 0 Å². The molecule has 1 aromatic rings. The topological polar surface area (TPSA) is 99.2 Å². The van der Waals surface area contributed by atoms with Crippen LogP contribution in [-0.2, 0) is 16.1 Å². The van der Waals surface area contributed by atoms with Crippen LogP contribution in [0.1, 0.15) is 13.8 Å². The van der Waals surface area contributed by atoms with Crippen LogP contribution in [0, 0.1) is 0 Å². The lowest BCUT2D eigenvalue weighted by atomic mass is 10.1. The molecule has 7 nitrogen and oxygen atoms in total. The van der Waals surface area contributed by atoms with Crippen LogP contribution >= 0.6 is 15.9 Å². The number of halogens is 1. The number of hydrogen-bond acceptors (Lipinski definition) is 6. The molecule has 0 amide bonds. The highest BCUT2D eigenvalue weighted by Crippen LogP contribution is 2.20. The Bertz CT molecular complexity index is 527.